The standard InChI is InChI=1S/C14H26N4O/c1-6-13(7-2)18-9-8-12(16-18)10-15-11(3)14(19)17(4)5/h8-9,11,13,15H,6-7,10H2,1-5H3. The minimum absolute atomic E-state index is 0.0828. The Hall–Kier alpha value is -1.36. The topological polar surface area (TPSA) is 50.2 Å². The molecule has 1 heterocycles. The molecule has 0 aliphatic carbocycles. The summed E-state index contributed by atoms with van der Waals surface area (Å²) in [5, 5.41) is 7.76. The maximum absolute atomic E-state index is 11.7. The molecule has 1 aromatic heterocycles. The number of nitrogens with zero attached hydrogens (tertiary/aromatic N) is 3. The van der Waals surface area contributed by atoms with Gasteiger partial charge >= 0.3 is 0 Å². The van der Waals surface area contributed by atoms with Gasteiger partial charge in [-0.1, -0.05) is 13.8 Å². The highest BCUT2D eigenvalue weighted by atomic mass is 16.2. The van der Waals surface area contributed by atoms with Crippen molar-refractivity contribution in [1.29, 1.82) is 0 Å². The molecule has 1 amide bonds. The van der Waals surface area contributed by atoms with Crippen molar-refractivity contribution in [2.45, 2.75) is 52.2 Å². The summed E-state index contributed by atoms with van der Waals surface area (Å²) >= 11 is 0. The van der Waals surface area contributed by atoms with Gasteiger partial charge in [0.2, 0.25) is 5.91 Å². The van der Waals surface area contributed by atoms with Gasteiger partial charge in [0.25, 0.3) is 0 Å². The van der Waals surface area contributed by atoms with Gasteiger partial charge < -0.3 is 10.2 Å². The smallest absolute Gasteiger partial charge is 0.238 e. The summed E-state index contributed by atoms with van der Waals surface area (Å²) in [7, 11) is 3.53. The van der Waals surface area contributed by atoms with Gasteiger partial charge in [-0.3, -0.25) is 9.48 Å². The van der Waals surface area contributed by atoms with Crippen molar-refractivity contribution in [2.24, 2.45) is 0 Å². The molecule has 5 heteroatoms. The van der Waals surface area contributed by atoms with E-state index >= 15 is 0 Å². The highest BCUT2D eigenvalue weighted by Crippen LogP contribution is 2.14. The minimum atomic E-state index is -0.187. The molecule has 0 aliphatic rings. The lowest BCUT2D eigenvalue weighted by molar-refractivity contribution is -0.130. The van der Waals surface area contributed by atoms with Gasteiger partial charge in [-0.25, -0.2) is 0 Å². The Labute approximate surface area is 116 Å². The summed E-state index contributed by atoms with van der Waals surface area (Å²) in [6.45, 7) is 6.84. The lowest BCUT2D eigenvalue weighted by Gasteiger charge is -2.17. The molecular formula is C14H26N4O. The van der Waals surface area contributed by atoms with E-state index in [0.29, 0.717) is 12.6 Å². The summed E-state index contributed by atoms with van der Waals surface area (Å²) in [6, 6.07) is 2.29. The summed E-state index contributed by atoms with van der Waals surface area (Å²) in [4.78, 5) is 13.3. The molecule has 1 rings (SSSR count). The van der Waals surface area contributed by atoms with E-state index in [2.05, 4.69) is 24.3 Å². The molecule has 1 aromatic rings. The third kappa shape index (κ3) is 4.35. The van der Waals surface area contributed by atoms with E-state index in [1.54, 1.807) is 19.0 Å². The van der Waals surface area contributed by atoms with Gasteiger partial charge in [-0.05, 0) is 25.8 Å². The van der Waals surface area contributed by atoms with Crippen LogP contribution in [0.25, 0.3) is 0 Å². The van der Waals surface area contributed by atoms with Crippen LogP contribution in [0.2, 0.25) is 0 Å². The van der Waals surface area contributed by atoms with Crippen LogP contribution >= 0.6 is 0 Å². The fourth-order valence-corrected chi connectivity index (χ4v) is 2.07. The Morgan fingerprint density at radius 2 is 2.05 bits per heavy atom. The maximum Gasteiger partial charge on any atom is 0.238 e. The molecule has 0 radical (unpaired) electrons. The lowest BCUT2D eigenvalue weighted by Crippen LogP contribution is -2.41. The molecule has 0 fully saturated rings. The molecule has 108 valence electrons. The summed E-state index contributed by atoms with van der Waals surface area (Å²) in [5.74, 6) is 0.0828. The minimum Gasteiger partial charge on any atom is -0.347 e. The van der Waals surface area contributed by atoms with Crippen LogP contribution in [0.15, 0.2) is 12.3 Å². The molecule has 0 spiro atoms. The molecule has 0 saturated carbocycles. The zero-order valence-electron chi connectivity index (χ0n) is 12.7. The molecular weight excluding hydrogens is 240 g/mol. The van der Waals surface area contributed by atoms with E-state index in [1.807, 2.05) is 23.9 Å². The second-order valence-corrected chi connectivity index (χ2v) is 5.09. The highest BCUT2D eigenvalue weighted by Gasteiger charge is 2.14. The molecule has 1 N–H and O–H groups in total. The van der Waals surface area contributed by atoms with Crippen LogP contribution in [0.4, 0.5) is 0 Å². The molecule has 1 atom stereocenters. The lowest BCUT2D eigenvalue weighted by atomic mass is 10.2. The van der Waals surface area contributed by atoms with Gasteiger partial charge in [0, 0.05) is 26.8 Å². The first-order chi connectivity index (χ1) is 8.99. The Morgan fingerprint density at radius 3 is 2.58 bits per heavy atom. The van der Waals surface area contributed by atoms with Gasteiger partial charge in [-0.15, -0.1) is 0 Å². The SMILES string of the molecule is CCC(CC)n1ccc(CNC(C)C(=O)N(C)C)n1. The summed E-state index contributed by atoms with van der Waals surface area (Å²) in [6.07, 6.45) is 4.19. The molecule has 0 bridgehead atoms. The second-order valence-electron chi connectivity index (χ2n) is 5.09. The number of hydrogen-bond donors (Lipinski definition) is 1. The normalized spacial score (nSPS) is 12.7. The second kappa shape index (κ2) is 7.28. The monoisotopic (exact) mass is 266 g/mol. The van der Waals surface area contributed by atoms with Crippen molar-refractivity contribution in [2.75, 3.05) is 14.1 Å². The molecule has 0 aliphatic heterocycles. The third-order valence-corrected chi connectivity index (χ3v) is 3.38. The third-order valence-electron chi connectivity index (χ3n) is 3.38. The fourth-order valence-electron chi connectivity index (χ4n) is 2.07. The van der Waals surface area contributed by atoms with Crippen molar-refractivity contribution in [3.63, 3.8) is 0 Å². The van der Waals surface area contributed by atoms with Crippen LogP contribution in [0.5, 0.6) is 0 Å². The van der Waals surface area contributed by atoms with Crippen LogP contribution in [0.1, 0.15) is 45.3 Å². The molecule has 0 aromatic carbocycles. The van der Waals surface area contributed by atoms with Crippen LogP contribution in [0, 0.1) is 0 Å². The number of rotatable bonds is 7. The average molecular weight is 266 g/mol. The van der Waals surface area contributed by atoms with E-state index in [0.717, 1.165) is 18.5 Å². The first kappa shape index (κ1) is 15.7. The van der Waals surface area contributed by atoms with Gasteiger partial charge in [0.15, 0.2) is 0 Å². The van der Waals surface area contributed by atoms with Gasteiger partial charge in [0.1, 0.15) is 0 Å². The van der Waals surface area contributed by atoms with E-state index in [4.69, 9.17) is 0 Å². The highest BCUT2D eigenvalue weighted by molar-refractivity contribution is 5.80. The van der Waals surface area contributed by atoms with Gasteiger partial charge in [0.05, 0.1) is 17.8 Å². The Balaban J connectivity index is 2.53. The van der Waals surface area contributed by atoms with Crippen molar-refractivity contribution < 1.29 is 4.79 Å². The van der Waals surface area contributed by atoms with Crippen molar-refractivity contribution in [3.05, 3.63) is 18.0 Å². The van der Waals surface area contributed by atoms with Crippen molar-refractivity contribution in [1.82, 2.24) is 20.0 Å². The average Bonchev–Trinajstić information content (AvgIpc) is 2.85. The van der Waals surface area contributed by atoms with Gasteiger partial charge in [-0.2, -0.15) is 5.10 Å². The number of nitrogens with one attached hydrogen (secondary N) is 1. The quantitative estimate of drug-likeness (QED) is 0.819. The Kier molecular flexibility index (Phi) is 6.02. The largest absolute Gasteiger partial charge is 0.347 e. The number of aromatic nitrogens is 2. The number of amides is 1. The zero-order valence-corrected chi connectivity index (χ0v) is 12.7. The Bertz CT molecular complexity index is 396. The predicted molar refractivity (Wildman–Crippen MR) is 76.8 cm³/mol. The number of carbonyl (C=O) groups excluding carboxylic acids is 1. The van der Waals surface area contributed by atoms with Crippen LogP contribution in [-0.2, 0) is 11.3 Å². The fraction of sp³-hybridized carbons (Fsp3) is 0.714. The summed E-state index contributed by atoms with van der Waals surface area (Å²) in [5.41, 5.74) is 0.977. The van der Waals surface area contributed by atoms with Crippen molar-refractivity contribution in [3.8, 4) is 0 Å². The molecule has 19 heavy (non-hydrogen) atoms. The molecule has 0 saturated heterocycles. The Morgan fingerprint density at radius 1 is 1.42 bits per heavy atom. The van der Waals surface area contributed by atoms with Crippen molar-refractivity contribution >= 4 is 5.91 Å². The number of carbonyl (C=O) groups is 1. The molecule has 1 unspecified atom stereocenters. The van der Waals surface area contributed by atoms with E-state index in [1.165, 1.54) is 0 Å². The number of hydrogen-bond acceptors (Lipinski definition) is 3. The van der Waals surface area contributed by atoms with E-state index in [9.17, 15) is 4.79 Å². The maximum atomic E-state index is 11.7. The van der Waals surface area contributed by atoms with Crippen LogP contribution in [-0.4, -0.2) is 40.7 Å². The summed E-state index contributed by atoms with van der Waals surface area (Å²) < 4.78 is 2.02. The zero-order chi connectivity index (χ0) is 14.4. The predicted octanol–water partition coefficient (Wildman–Crippen LogP) is 1.81. The van der Waals surface area contributed by atoms with Crippen LogP contribution < -0.4 is 5.32 Å². The molecule has 5 nitrogen and oxygen atoms in total. The van der Waals surface area contributed by atoms with E-state index < -0.39 is 0 Å². The number of likely N-dealkylation sites (N-methyl/N-ethyl adjacent to an activating group) is 1. The van der Waals surface area contributed by atoms with E-state index in [-0.39, 0.29) is 11.9 Å². The first-order valence-corrected chi connectivity index (χ1v) is 6.98. The first-order valence-electron chi connectivity index (χ1n) is 6.98. The van der Waals surface area contributed by atoms with Crippen LogP contribution in [0.3, 0.4) is 0 Å².